The van der Waals surface area contributed by atoms with Crippen molar-refractivity contribution in [3.05, 3.63) is 12.3 Å². The summed E-state index contributed by atoms with van der Waals surface area (Å²) in [5.74, 6) is 0.428. The molecule has 0 saturated heterocycles. The average Bonchev–Trinajstić information content (AvgIpc) is 1.82. The smallest absolute Gasteiger partial charge is 0.231 e. The zero-order valence-electron chi connectivity index (χ0n) is 5.85. The fourth-order valence-electron chi connectivity index (χ4n) is 0.441. The van der Waals surface area contributed by atoms with Crippen LogP contribution in [0.15, 0.2) is 17.3 Å². The minimum Gasteiger partial charge on any atom is -0.480 e. The lowest BCUT2D eigenvalue weighted by Gasteiger charge is -2.00. The molecule has 0 saturated carbocycles. The highest BCUT2D eigenvalue weighted by molar-refractivity contribution is 5.91. The average molecular weight is 128 g/mol. The van der Waals surface area contributed by atoms with Crippen molar-refractivity contribution in [3.63, 3.8) is 0 Å². The molecule has 0 aromatic heterocycles. The number of nitrogens with two attached hydrogens (primary N) is 1. The largest absolute Gasteiger partial charge is 0.480 e. The third kappa shape index (κ3) is 2.74. The summed E-state index contributed by atoms with van der Waals surface area (Å²) in [5.41, 5.74) is 5.66. The van der Waals surface area contributed by atoms with Crippen molar-refractivity contribution in [2.75, 3.05) is 13.7 Å². The van der Waals surface area contributed by atoms with Crippen molar-refractivity contribution in [3.8, 4) is 0 Å². The first-order valence-corrected chi connectivity index (χ1v) is 2.75. The Morgan fingerprint density at radius 1 is 1.78 bits per heavy atom. The second-order valence-corrected chi connectivity index (χ2v) is 1.51. The lowest BCUT2D eigenvalue weighted by atomic mass is 10.5. The topological polar surface area (TPSA) is 47.6 Å². The van der Waals surface area contributed by atoms with Gasteiger partial charge in [0.2, 0.25) is 5.90 Å². The predicted octanol–water partition coefficient (Wildman–Crippen LogP) is 0.524. The third-order valence-corrected chi connectivity index (χ3v) is 0.770. The van der Waals surface area contributed by atoms with E-state index in [0.29, 0.717) is 18.1 Å². The molecular formula is C6H12N2O. The van der Waals surface area contributed by atoms with Crippen molar-refractivity contribution >= 4 is 5.90 Å². The molecule has 9 heavy (non-hydrogen) atoms. The van der Waals surface area contributed by atoms with Crippen LogP contribution in [-0.4, -0.2) is 19.6 Å². The summed E-state index contributed by atoms with van der Waals surface area (Å²) < 4.78 is 4.78. The highest BCUT2D eigenvalue weighted by atomic mass is 16.5. The Bertz CT molecular complexity index is 129. The summed E-state index contributed by atoms with van der Waals surface area (Å²) in [4.78, 5) is 3.91. The molecule has 3 heteroatoms. The van der Waals surface area contributed by atoms with Gasteiger partial charge in [-0.25, -0.2) is 0 Å². The number of nitrogens with zero attached hydrogens (tertiary/aromatic N) is 1. The molecule has 0 aromatic rings. The van der Waals surface area contributed by atoms with Gasteiger partial charge in [-0.3, -0.25) is 4.99 Å². The third-order valence-electron chi connectivity index (χ3n) is 0.770. The van der Waals surface area contributed by atoms with Crippen molar-refractivity contribution in [2.24, 2.45) is 10.7 Å². The number of methoxy groups -OCH3 is 1. The van der Waals surface area contributed by atoms with Gasteiger partial charge >= 0.3 is 0 Å². The van der Waals surface area contributed by atoms with Gasteiger partial charge in [-0.15, -0.1) is 0 Å². The van der Waals surface area contributed by atoms with E-state index in [4.69, 9.17) is 10.5 Å². The molecule has 3 nitrogen and oxygen atoms in total. The number of hydrogen-bond acceptors (Lipinski definition) is 3. The number of hydrogen-bond donors (Lipinski definition) is 1. The van der Waals surface area contributed by atoms with Gasteiger partial charge in [-0.05, 0) is 6.92 Å². The van der Waals surface area contributed by atoms with Gasteiger partial charge in [0.05, 0.1) is 12.8 Å². The maximum atomic E-state index is 5.28. The maximum Gasteiger partial charge on any atom is 0.231 e. The molecule has 0 amide bonds. The van der Waals surface area contributed by atoms with Crippen LogP contribution in [0, 0.1) is 0 Å². The fraction of sp³-hybridized carbons (Fsp3) is 0.500. The molecule has 0 atom stereocenters. The van der Waals surface area contributed by atoms with Crippen LogP contribution in [0.2, 0.25) is 0 Å². The van der Waals surface area contributed by atoms with Crippen molar-refractivity contribution in [1.82, 2.24) is 0 Å². The molecule has 0 aliphatic carbocycles. The number of aliphatic imine (C=N–C) groups is 1. The summed E-state index contributed by atoms with van der Waals surface area (Å²) >= 11 is 0. The lowest BCUT2D eigenvalue weighted by Crippen LogP contribution is -2.12. The molecule has 0 aromatic carbocycles. The minimum atomic E-state index is 0.374. The van der Waals surface area contributed by atoms with Gasteiger partial charge in [0.25, 0.3) is 0 Å². The molecule has 0 spiro atoms. The molecule has 0 radical (unpaired) electrons. The van der Waals surface area contributed by atoms with Gasteiger partial charge < -0.3 is 10.5 Å². The van der Waals surface area contributed by atoms with Crippen LogP contribution >= 0.6 is 0 Å². The summed E-state index contributed by atoms with van der Waals surface area (Å²) in [7, 11) is 1.52. The number of ether oxygens (including phenoxy) is 1. The Labute approximate surface area is 55.2 Å². The zero-order chi connectivity index (χ0) is 7.28. The van der Waals surface area contributed by atoms with Crippen LogP contribution in [-0.2, 0) is 4.74 Å². The SMILES string of the molecule is C=C(N)C(=NCC)OC. The van der Waals surface area contributed by atoms with E-state index in [1.54, 1.807) is 0 Å². The molecule has 52 valence electrons. The van der Waals surface area contributed by atoms with Gasteiger partial charge in [-0.2, -0.15) is 0 Å². The first-order valence-electron chi connectivity index (χ1n) is 2.75. The standard InChI is InChI=1S/C6H12N2O/c1-4-8-6(9-3)5(2)7/h2,4,7H2,1,3H3. The number of rotatable bonds is 2. The van der Waals surface area contributed by atoms with E-state index in [2.05, 4.69) is 11.6 Å². The maximum absolute atomic E-state index is 5.28. The van der Waals surface area contributed by atoms with Gasteiger partial charge in [-0.1, -0.05) is 6.58 Å². The molecule has 0 aliphatic heterocycles. The summed E-state index contributed by atoms with van der Waals surface area (Å²) in [6.07, 6.45) is 0. The molecule has 0 heterocycles. The lowest BCUT2D eigenvalue weighted by molar-refractivity contribution is 0.401. The van der Waals surface area contributed by atoms with Crippen molar-refractivity contribution in [1.29, 1.82) is 0 Å². The molecule has 0 rings (SSSR count). The van der Waals surface area contributed by atoms with Crippen LogP contribution < -0.4 is 5.73 Å². The van der Waals surface area contributed by atoms with E-state index in [1.165, 1.54) is 7.11 Å². The molecule has 0 bridgehead atoms. The van der Waals surface area contributed by atoms with Crippen LogP contribution in [0.5, 0.6) is 0 Å². The monoisotopic (exact) mass is 128 g/mol. The molecule has 0 fully saturated rings. The quantitative estimate of drug-likeness (QED) is 0.435. The Kier molecular flexibility index (Phi) is 3.51. The summed E-state index contributed by atoms with van der Waals surface area (Å²) in [6, 6.07) is 0. The summed E-state index contributed by atoms with van der Waals surface area (Å²) in [6.45, 7) is 6.04. The molecule has 2 N–H and O–H groups in total. The van der Waals surface area contributed by atoms with Crippen LogP contribution in [0.4, 0.5) is 0 Å². The predicted molar refractivity (Wildman–Crippen MR) is 38.3 cm³/mol. The van der Waals surface area contributed by atoms with E-state index in [9.17, 15) is 0 Å². The summed E-state index contributed by atoms with van der Waals surface area (Å²) in [5, 5.41) is 0. The highest BCUT2D eigenvalue weighted by Crippen LogP contribution is 1.86. The first-order chi connectivity index (χ1) is 4.22. The van der Waals surface area contributed by atoms with Crippen molar-refractivity contribution < 1.29 is 4.74 Å². The second-order valence-electron chi connectivity index (χ2n) is 1.51. The second kappa shape index (κ2) is 3.95. The fourth-order valence-corrected chi connectivity index (χ4v) is 0.441. The Balaban J connectivity index is 3.98. The van der Waals surface area contributed by atoms with Gasteiger partial charge in [0.15, 0.2) is 0 Å². The molecule has 0 aliphatic rings. The molecular weight excluding hydrogens is 116 g/mol. The Hall–Kier alpha value is -0.990. The molecule has 0 unspecified atom stereocenters. The first kappa shape index (κ1) is 8.01. The Morgan fingerprint density at radius 2 is 2.33 bits per heavy atom. The van der Waals surface area contributed by atoms with Gasteiger partial charge in [0, 0.05) is 6.54 Å². The van der Waals surface area contributed by atoms with Crippen molar-refractivity contribution in [2.45, 2.75) is 6.92 Å². The normalized spacial score (nSPS) is 11.1. The zero-order valence-corrected chi connectivity index (χ0v) is 5.85. The van der Waals surface area contributed by atoms with E-state index < -0.39 is 0 Å². The van der Waals surface area contributed by atoms with E-state index in [1.807, 2.05) is 6.92 Å². The Morgan fingerprint density at radius 3 is 2.44 bits per heavy atom. The minimum absolute atomic E-state index is 0.374. The van der Waals surface area contributed by atoms with E-state index >= 15 is 0 Å². The van der Waals surface area contributed by atoms with E-state index in [0.717, 1.165) is 0 Å². The highest BCUT2D eigenvalue weighted by Gasteiger charge is 1.95. The van der Waals surface area contributed by atoms with Crippen LogP contribution in [0.25, 0.3) is 0 Å². The van der Waals surface area contributed by atoms with Crippen LogP contribution in [0.3, 0.4) is 0 Å². The van der Waals surface area contributed by atoms with Gasteiger partial charge in [0.1, 0.15) is 0 Å². The van der Waals surface area contributed by atoms with Crippen LogP contribution in [0.1, 0.15) is 6.92 Å². The van der Waals surface area contributed by atoms with E-state index in [-0.39, 0.29) is 0 Å².